The number of ether oxygens (including phenoxy) is 1. The third-order valence-corrected chi connectivity index (χ3v) is 6.03. The summed E-state index contributed by atoms with van der Waals surface area (Å²) in [5.41, 5.74) is 0.834. The minimum atomic E-state index is -0.773. The topological polar surface area (TPSA) is 105 Å². The van der Waals surface area contributed by atoms with Crippen LogP contribution in [0.15, 0.2) is 84.4 Å². The highest BCUT2D eigenvalue weighted by molar-refractivity contribution is 6.34. The largest absolute Gasteiger partial charge is 0.488 e. The quantitative estimate of drug-likeness (QED) is 0.121. The Balaban J connectivity index is 1.72. The van der Waals surface area contributed by atoms with Gasteiger partial charge in [0.1, 0.15) is 24.0 Å². The number of benzene rings is 4. The Morgan fingerprint density at radius 3 is 2.53 bits per heavy atom. The number of nitriles is 1. The van der Waals surface area contributed by atoms with E-state index in [0.29, 0.717) is 16.3 Å². The van der Waals surface area contributed by atoms with Crippen LogP contribution < -0.4 is 10.1 Å². The first-order valence-electron chi connectivity index (χ1n) is 10.6. The van der Waals surface area contributed by atoms with Crippen LogP contribution in [0.1, 0.15) is 11.1 Å². The van der Waals surface area contributed by atoms with Crippen molar-refractivity contribution in [1.29, 1.82) is 5.26 Å². The Labute approximate surface area is 216 Å². The summed E-state index contributed by atoms with van der Waals surface area (Å²) in [4.78, 5) is 23.5. The van der Waals surface area contributed by atoms with Crippen molar-refractivity contribution in [3.8, 4) is 11.8 Å². The third kappa shape index (κ3) is 5.47. The van der Waals surface area contributed by atoms with Crippen LogP contribution in [0.3, 0.4) is 0 Å². The third-order valence-electron chi connectivity index (χ3n) is 5.33. The number of rotatable bonds is 7. The lowest BCUT2D eigenvalue weighted by atomic mass is 10.0. The number of carbonyl (C=O) groups excluding carboxylic acids is 1. The molecule has 0 fully saturated rings. The van der Waals surface area contributed by atoms with Crippen molar-refractivity contribution >= 4 is 57.3 Å². The second-order valence-electron chi connectivity index (χ2n) is 7.62. The molecule has 0 aliphatic heterocycles. The molecule has 0 aromatic heterocycles. The molecule has 0 heterocycles. The molecule has 0 spiro atoms. The van der Waals surface area contributed by atoms with E-state index < -0.39 is 10.8 Å². The Kier molecular flexibility index (Phi) is 7.50. The fraction of sp³-hybridized carbons (Fsp3) is 0.0370. The van der Waals surface area contributed by atoms with Gasteiger partial charge in [0.05, 0.1) is 15.6 Å². The van der Waals surface area contributed by atoms with E-state index in [1.165, 1.54) is 18.2 Å². The summed E-state index contributed by atoms with van der Waals surface area (Å²) in [6.07, 6.45) is 1.42. The van der Waals surface area contributed by atoms with Gasteiger partial charge in [-0.2, -0.15) is 5.26 Å². The van der Waals surface area contributed by atoms with Gasteiger partial charge in [-0.3, -0.25) is 14.9 Å². The molecule has 4 aromatic carbocycles. The zero-order valence-corrected chi connectivity index (χ0v) is 20.1. The molecular weight excluding hydrogens is 501 g/mol. The van der Waals surface area contributed by atoms with Crippen molar-refractivity contribution in [3.63, 3.8) is 0 Å². The maximum absolute atomic E-state index is 13.0. The van der Waals surface area contributed by atoms with E-state index >= 15 is 0 Å². The summed E-state index contributed by atoms with van der Waals surface area (Å²) in [5.74, 6) is -0.326. The van der Waals surface area contributed by atoms with Gasteiger partial charge in [0.15, 0.2) is 0 Å². The monoisotopic (exact) mass is 517 g/mol. The van der Waals surface area contributed by atoms with Crippen LogP contribution in [0.5, 0.6) is 5.75 Å². The van der Waals surface area contributed by atoms with E-state index in [1.54, 1.807) is 12.1 Å². The SMILES string of the molecule is N#C/C(=C\c1c(OCc2ccccc2Cl)ccc2ccccc12)C(=O)Nc1cc([N+](=O)[O-])ccc1Cl. The van der Waals surface area contributed by atoms with Gasteiger partial charge in [0.2, 0.25) is 0 Å². The molecule has 36 heavy (non-hydrogen) atoms. The number of anilines is 1. The summed E-state index contributed by atoms with van der Waals surface area (Å²) in [5, 5.41) is 25.7. The highest BCUT2D eigenvalue weighted by Crippen LogP contribution is 2.32. The number of nitro benzene ring substituents is 1. The molecule has 0 aliphatic carbocycles. The summed E-state index contributed by atoms with van der Waals surface area (Å²) in [7, 11) is 0. The lowest BCUT2D eigenvalue weighted by Crippen LogP contribution is -2.14. The maximum atomic E-state index is 13.0. The number of nitro groups is 1. The molecule has 7 nitrogen and oxygen atoms in total. The minimum absolute atomic E-state index is 0.0186. The molecule has 9 heteroatoms. The van der Waals surface area contributed by atoms with Crippen LogP contribution in [-0.2, 0) is 11.4 Å². The van der Waals surface area contributed by atoms with Crippen molar-refractivity contribution in [2.24, 2.45) is 0 Å². The van der Waals surface area contributed by atoms with Crippen molar-refractivity contribution in [2.45, 2.75) is 6.61 Å². The molecule has 4 aromatic rings. The van der Waals surface area contributed by atoms with E-state index in [-0.39, 0.29) is 28.6 Å². The van der Waals surface area contributed by atoms with E-state index in [0.717, 1.165) is 22.4 Å². The highest BCUT2D eigenvalue weighted by atomic mass is 35.5. The van der Waals surface area contributed by atoms with Gasteiger partial charge in [-0.1, -0.05) is 71.7 Å². The molecule has 0 bridgehead atoms. The summed E-state index contributed by atoms with van der Waals surface area (Å²) in [6.45, 7) is 0.177. The van der Waals surface area contributed by atoms with Crippen LogP contribution in [-0.4, -0.2) is 10.8 Å². The number of carbonyl (C=O) groups is 1. The first kappa shape index (κ1) is 24.7. The average molecular weight is 518 g/mol. The molecule has 1 amide bonds. The van der Waals surface area contributed by atoms with Gasteiger partial charge < -0.3 is 10.1 Å². The van der Waals surface area contributed by atoms with Crippen molar-refractivity contribution in [3.05, 3.63) is 116 Å². The smallest absolute Gasteiger partial charge is 0.271 e. The minimum Gasteiger partial charge on any atom is -0.488 e. The van der Waals surface area contributed by atoms with Gasteiger partial charge in [-0.15, -0.1) is 0 Å². The lowest BCUT2D eigenvalue weighted by Gasteiger charge is -2.13. The van der Waals surface area contributed by atoms with Crippen LogP contribution in [0, 0.1) is 21.4 Å². The number of nitrogens with one attached hydrogen (secondary N) is 1. The van der Waals surface area contributed by atoms with Crippen molar-refractivity contribution in [1.82, 2.24) is 0 Å². The van der Waals surface area contributed by atoms with Gasteiger partial charge in [-0.05, 0) is 35.0 Å². The zero-order chi connectivity index (χ0) is 25.7. The summed E-state index contributed by atoms with van der Waals surface area (Å²) >= 11 is 12.4. The molecule has 0 saturated heterocycles. The lowest BCUT2D eigenvalue weighted by molar-refractivity contribution is -0.384. The van der Waals surface area contributed by atoms with E-state index in [9.17, 15) is 20.2 Å². The first-order valence-corrected chi connectivity index (χ1v) is 11.4. The molecule has 0 aliphatic rings. The maximum Gasteiger partial charge on any atom is 0.271 e. The Hall–Kier alpha value is -4.38. The van der Waals surface area contributed by atoms with Gasteiger partial charge in [-0.25, -0.2) is 0 Å². The summed E-state index contributed by atoms with van der Waals surface area (Å²) < 4.78 is 6.05. The number of nitrogens with zero attached hydrogens (tertiary/aromatic N) is 2. The standard InChI is InChI=1S/C27H17Cl2N3O4/c28-23-8-4-2-6-18(23)16-36-26-12-9-17-5-1-3-7-21(17)22(26)13-19(15-30)27(33)31-25-14-20(32(34)35)10-11-24(25)29/h1-14H,16H2,(H,31,33)/b19-13+. The van der Waals surface area contributed by atoms with E-state index in [4.69, 9.17) is 27.9 Å². The molecule has 0 atom stereocenters. The van der Waals surface area contributed by atoms with E-state index in [1.807, 2.05) is 54.6 Å². The number of non-ortho nitro benzene ring substituents is 1. The molecule has 178 valence electrons. The molecule has 1 N–H and O–H groups in total. The van der Waals surface area contributed by atoms with Gasteiger partial charge >= 0.3 is 0 Å². The number of hydrogen-bond acceptors (Lipinski definition) is 5. The predicted octanol–water partition coefficient (Wildman–Crippen LogP) is 7.18. The molecule has 0 unspecified atom stereocenters. The van der Waals surface area contributed by atoms with Crippen LogP contribution in [0.25, 0.3) is 16.8 Å². The van der Waals surface area contributed by atoms with Crippen LogP contribution in [0.2, 0.25) is 10.0 Å². The highest BCUT2D eigenvalue weighted by Gasteiger charge is 2.17. The Morgan fingerprint density at radius 1 is 1.03 bits per heavy atom. The van der Waals surface area contributed by atoms with Gasteiger partial charge in [0, 0.05) is 28.3 Å². The molecule has 4 rings (SSSR count). The molecular formula is C27H17Cl2N3O4. The normalized spacial score (nSPS) is 11.1. The number of fused-ring (bicyclic) bond motifs is 1. The average Bonchev–Trinajstić information content (AvgIpc) is 2.88. The zero-order valence-electron chi connectivity index (χ0n) is 18.6. The van der Waals surface area contributed by atoms with Crippen LogP contribution in [0.4, 0.5) is 11.4 Å². The summed E-state index contributed by atoms with van der Waals surface area (Å²) in [6, 6.07) is 23.9. The second kappa shape index (κ2) is 10.9. The van der Waals surface area contributed by atoms with Gasteiger partial charge in [0.25, 0.3) is 11.6 Å². The fourth-order valence-electron chi connectivity index (χ4n) is 3.53. The first-order chi connectivity index (χ1) is 17.4. The molecule has 0 radical (unpaired) electrons. The predicted molar refractivity (Wildman–Crippen MR) is 140 cm³/mol. The fourth-order valence-corrected chi connectivity index (χ4v) is 3.88. The molecule has 0 saturated carbocycles. The number of halogens is 2. The second-order valence-corrected chi connectivity index (χ2v) is 8.44. The number of amides is 1. The van der Waals surface area contributed by atoms with E-state index in [2.05, 4.69) is 5.32 Å². The number of hydrogen-bond donors (Lipinski definition) is 1. The Morgan fingerprint density at radius 2 is 1.78 bits per heavy atom. The van der Waals surface area contributed by atoms with Crippen molar-refractivity contribution in [2.75, 3.05) is 5.32 Å². The van der Waals surface area contributed by atoms with Crippen molar-refractivity contribution < 1.29 is 14.5 Å². The Bertz CT molecular complexity index is 1560. The van der Waals surface area contributed by atoms with Crippen LogP contribution >= 0.6 is 23.2 Å².